The van der Waals surface area contributed by atoms with Crippen LogP contribution in [-0.2, 0) is 12.2 Å². The van der Waals surface area contributed by atoms with E-state index in [2.05, 4.69) is 11.4 Å². The highest BCUT2D eigenvalue weighted by atomic mass is 35.5. The Kier molecular flexibility index (Phi) is 4.40. The lowest BCUT2D eigenvalue weighted by atomic mass is 10.1. The number of carbonyl (C=O) groups excluding carboxylic acids is 1. The number of rotatable bonds is 3. The number of hydrogen-bond donors (Lipinski definition) is 1. The smallest absolute Gasteiger partial charge is 0.261 e. The van der Waals surface area contributed by atoms with E-state index in [9.17, 15) is 4.79 Å². The molecular weight excluding hydrogens is 298 g/mol. The monoisotopic (exact) mass is 315 g/mol. The molecule has 2 heterocycles. The van der Waals surface area contributed by atoms with Crippen molar-refractivity contribution in [1.29, 1.82) is 0 Å². The third-order valence-corrected chi connectivity index (χ3v) is 6.76. The molecule has 0 aromatic carbocycles. The molecule has 1 fully saturated rings. The molecule has 1 amide bonds. The summed E-state index contributed by atoms with van der Waals surface area (Å²) >= 11 is 9.86. The maximum absolute atomic E-state index is 12.2. The number of fused-ring (bicyclic) bond motifs is 1. The van der Waals surface area contributed by atoms with Crippen LogP contribution in [0.5, 0.6) is 0 Å². The summed E-state index contributed by atoms with van der Waals surface area (Å²) in [5.41, 5.74) is 1.36. The van der Waals surface area contributed by atoms with E-state index in [4.69, 9.17) is 11.6 Å². The summed E-state index contributed by atoms with van der Waals surface area (Å²) in [6.45, 7) is 0.727. The second kappa shape index (κ2) is 6.06. The van der Waals surface area contributed by atoms with Crippen LogP contribution in [0.25, 0.3) is 0 Å². The van der Waals surface area contributed by atoms with Gasteiger partial charge in [0.25, 0.3) is 5.91 Å². The molecular formula is C14H18ClNOS2. The highest BCUT2D eigenvalue weighted by Gasteiger charge is 2.26. The minimum Gasteiger partial charge on any atom is -0.351 e. The summed E-state index contributed by atoms with van der Waals surface area (Å²) in [5.74, 6) is 2.78. The number of carbonyl (C=O) groups is 1. The van der Waals surface area contributed by atoms with Crippen LogP contribution < -0.4 is 5.32 Å². The highest BCUT2D eigenvalue weighted by Crippen LogP contribution is 2.32. The van der Waals surface area contributed by atoms with E-state index >= 15 is 0 Å². The number of thiophene rings is 1. The number of halogens is 1. The van der Waals surface area contributed by atoms with Gasteiger partial charge in [0.05, 0.1) is 4.88 Å². The molecule has 2 aliphatic rings. The maximum Gasteiger partial charge on any atom is 0.261 e. The fourth-order valence-electron chi connectivity index (χ4n) is 2.79. The van der Waals surface area contributed by atoms with Crippen molar-refractivity contribution in [3.05, 3.63) is 21.4 Å². The van der Waals surface area contributed by atoms with Gasteiger partial charge in [0, 0.05) is 22.6 Å². The van der Waals surface area contributed by atoms with Crippen LogP contribution in [0.2, 0.25) is 0 Å². The first-order chi connectivity index (χ1) is 9.24. The van der Waals surface area contributed by atoms with Crippen molar-refractivity contribution < 1.29 is 4.79 Å². The maximum atomic E-state index is 12.2. The molecule has 2 nitrogen and oxygen atoms in total. The zero-order chi connectivity index (χ0) is 13.2. The lowest BCUT2D eigenvalue weighted by Gasteiger charge is -2.13. The first-order valence-corrected chi connectivity index (χ1v) is 9.26. The van der Waals surface area contributed by atoms with Gasteiger partial charge in [-0.25, -0.2) is 0 Å². The third-order valence-electron chi connectivity index (χ3n) is 3.94. The number of aryl methyl sites for hydroxylation is 1. The normalized spacial score (nSPS) is 26.2. The van der Waals surface area contributed by atoms with Gasteiger partial charge in [-0.15, -0.1) is 22.9 Å². The van der Waals surface area contributed by atoms with Crippen LogP contribution in [0.15, 0.2) is 6.07 Å². The van der Waals surface area contributed by atoms with Gasteiger partial charge in [0.2, 0.25) is 0 Å². The van der Waals surface area contributed by atoms with Gasteiger partial charge < -0.3 is 5.32 Å². The van der Waals surface area contributed by atoms with Gasteiger partial charge in [-0.3, -0.25) is 4.79 Å². The molecule has 1 N–H and O–H groups in total. The van der Waals surface area contributed by atoms with E-state index in [0.29, 0.717) is 5.92 Å². The van der Waals surface area contributed by atoms with E-state index < -0.39 is 0 Å². The molecule has 5 heteroatoms. The van der Waals surface area contributed by atoms with E-state index in [1.807, 2.05) is 11.8 Å². The lowest BCUT2D eigenvalue weighted by Crippen LogP contribution is -2.30. The SMILES string of the molecule is O=C(NCC1CCCC1Cl)c1cc2c(s1)CCSC2. The second-order valence-corrected chi connectivity index (χ2v) is 8.08. The average molecular weight is 316 g/mol. The molecule has 2 atom stereocenters. The van der Waals surface area contributed by atoms with Crippen molar-refractivity contribution in [2.24, 2.45) is 5.92 Å². The van der Waals surface area contributed by atoms with Crippen LogP contribution >= 0.6 is 34.7 Å². The highest BCUT2D eigenvalue weighted by molar-refractivity contribution is 7.98. The zero-order valence-corrected chi connectivity index (χ0v) is 13.2. The van der Waals surface area contributed by atoms with Gasteiger partial charge in [-0.05, 0) is 42.6 Å². The number of alkyl halides is 1. The first kappa shape index (κ1) is 13.8. The fraction of sp³-hybridized carbons (Fsp3) is 0.643. The molecule has 1 saturated carbocycles. The molecule has 2 unspecified atom stereocenters. The Balaban J connectivity index is 1.59. The molecule has 19 heavy (non-hydrogen) atoms. The predicted molar refractivity (Wildman–Crippen MR) is 83.5 cm³/mol. The van der Waals surface area contributed by atoms with Crippen molar-refractivity contribution in [2.45, 2.75) is 36.8 Å². The summed E-state index contributed by atoms with van der Waals surface area (Å²) < 4.78 is 0. The molecule has 3 rings (SSSR count). The summed E-state index contributed by atoms with van der Waals surface area (Å²) in [6, 6.07) is 2.08. The van der Waals surface area contributed by atoms with Crippen LogP contribution in [0, 0.1) is 5.92 Å². The van der Waals surface area contributed by atoms with Crippen molar-refractivity contribution in [2.75, 3.05) is 12.3 Å². The molecule has 1 aromatic rings. The van der Waals surface area contributed by atoms with Gasteiger partial charge in [-0.2, -0.15) is 11.8 Å². The summed E-state index contributed by atoms with van der Waals surface area (Å²) in [7, 11) is 0. The standard InChI is InChI=1S/C14H18ClNOS2/c15-11-3-1-2-9(11)7-16-14(17)13-6-10-8-18-5-4-12(10)19-13/h6,9,11H,1-5,7-8H2,(H,16,17). The lowest BCUT2D eigenvalue weighted by molar-refractivity contribution is 0.0951. The number of hydrogen-bond acceptors (Lipinski definition) is 3. The fourth-order valence-corrected chi connectivity index (χ4v) is 5.45. The van der Waals surface area contributed by atoms with Crippen molar-refractivity contribution >= 4 is 40.6 Å². The topological polar surface area (TPSA) is 29.1 Å². The Labute approximate surface area is 127 Å². The molecule has 1 aliphatic carbocycles. The Morgan fingerprint density at radius 2 is 2.37 bits per heavy atom. The van der Waals surface area contributed by atoms with E-state index in [1.165, 1.54) is 22.6 Å². The number of nitrogens with one attached hydrogen (secondary N) is 1. The van der Waals surface area contributed by atoms with Crippen LogP contribution in [0.4, 0.5) is 0 Å². The summed E-state index contributed by atoms with van der Waals surface area (Å²) in [6.07, 6.45) is 4.54. The zero-order valence-electron chi connectivity index (χ0n) is 10.8. The van der Waals surface area contributed by atoms with Gasteiger partial charge >= 0.3 is 0 Å². The van der Waals surface area contributed by atoms with Crippen LogP contribution in [0.1, 0.15) is 39.4 Å². The van der Waals surface area contributed by atoms with E-state index in [1.54, 1.807) is 11.3 Å². The largest absolute Gasteiger partial charge is 0.351 e. The first-order valence-electron chi connectivity index (χ1n) is 6.85. The quantitative estimate of drug-likeness (QED) is 0.862. The Bertz CT molecular complexity index is 451. The number of amides is 1. The Morgan fingerprint density at radius 3 is 3.11 bits per heavy atom. The summed E-state index contributed by atoms with van der Waals surface area (Å²) in [4.78, 5) is 14.4. The van der Waals surface area contributed by atoms with Crippen molar-refractivity contribution in [3.8, 4) is 0 Å². The van der Waals surface area contributed by atoms with E-state index in [0.717, 1.165) is 36.4 Å². The van der Waals surface area contributed by atoms with Crippen LogP contribution in [0.3, 0.4) is 0 Å². The third kappa shape index (κ3) is 3.11. The number of thioether (sulfide) groups is 1. The second-order valence-electron chi connectivity index (χ2n) is 5.28. The van der Waals surface area contributed by atoms with E-state index in [-0.39, 0.29) is 11.3 Å². The molecule has 0 saturated heterocycles. The molecule has 1 aromatic heterocycles. The van der Waals surface area contributed by atoms with Crippen LogP contribution in [-0.4, -0.2) is 23.6 Å². The molecule has 0 bridgehead atoms. The van der Waals surface area contributed by atoms with Crippen molar-refractivity contribution in [3.63, 3.8) is 0 Å². The van der Waals surface area contributed by atoms with Crippen molar-refractivity contribution in [1.82, 2.24) is 5.32 Å². The molecule has 0 radical (unpaired) electrons. The van der Waals surface area contributed by atoms with Gasteiger partial charge in [0.1, 0.15) is 0 Å². The molecule has 104 valence electrons. The minimum absolute atomic E-state index is 0.0835. The summed E-state index contributed by atoms with van der Waals surface area (Å²) in [5, 5.41) is 3.30. The predicted octanol–water partition coefficient (Wildman–Crippen LogP) is 3.67. The average Bonchev–Trinajstić information content (AvgIpc) is 3.01. The Hall–Kier alpha value is -0.190. The van der Waals surface area contributed by atoms with Gasteiger partial charge in [-0.1, -0.05) is 6.42 Å². The van der Waals surface area contributed by atoms with Gasteiger partial charge in [0.15, 0.2) is 0 Å². The molecule has 0 spiro atoms. The minimum atomic E-state index is 0.0835. The Morgan fingerprint density at radius 1 is 1.47 bits per heavy atom. The molecule has 1 aliphatic heterocycles.